The molecule has 0 radical (unpaired) electrons. The third kappa shape index (κ3) is 2.97. The molecular weight excluding hydrogens is 206 g/mol. The molecule has 4 heteroatoms. The number of benzene rings is 1. The lowest BCUT2D eigenvalue weighted by molar-refractivity contribution is -0.141. The Morgan fingerprint density at radius 3 is 2.62 bits per heavy atom. The summed E-state index contributed by atoms with van der Waals surface area (Å²) in [6, 6.07) is 5.30. The maximum absolute atomic E-state index is 11.1. The molecule has 0 amide bonds. The Kier molecular flexibility index (Phi) is 4.31. The van der Waals surface area contributed by atoms with Gasteiger partial charge in [0.05, 0.1) is 20.6 Å². The molecule has 0 aliphatic rings. The van der Waals surface area contributed by atoms with Gasteiger partial charge in [-0.25, -0.2) is 0 Å². The predicted molar refractivity (Wildman–Crippen MR) is 61.3 cm³/mol. The summed E-state index contributed by atoms with van der Waals surface area (Å²) in [6.45, 7) is 1.94. The fourth-order valence-corrected chi connectivity index (χ4v) is 1.51. The van der Waals surface area contributed by atoms with E-state index in [2.05, 4.69) is 4.74 Å². The van der Waals surface area contributed by atoms with Gasteiger partial charge in [-0.2, -0.15) is 0 Å². The molecule has 1 atom stereocenters. The van der Waals surface area contributed by atoms with Crippen LogP contribution in [0, 0.1) is 6.92 Å². The van der Waals surface area contributed by atoms with Crippen molar-refractivity contribution in [1.82, 2.24) is 0 Å². The number of rotatable bonds is 4. The topological polar surface area (TPSA) is 61.5 Å². The number of hydrogen-bond acceptors (Lipinski definition) is 4. The van der Waals surface area contributed by atoms with Crippen LogP contribution in [0.5, 0.6) is 5.75 Å². The monoisotopic (exact) mass is 223 g/mol. The van der Waals surface area contributed by atoms with Crippen molar-refractivity contribution in [2.45, 2.75) is 19.4 Å². The fourth-order valence-electron chi connectivity index (χ4n) is 1.51. The molecule has 0 aromatic heterocycles. The Labute approximate surface area is 95.3 Å². The lowest BCUT2D eigenvalue weighted by Gasteiger charge is -2.13. The van der Waals surface area contributed by atoms with E-state index in [0.717, 1.165) is 16.9 Å². The number of carbonyl (C=O) groups excluding carboxylic acids is 1. The standard InChI is InChI=1S/C12H17NO3/c1-8-6-9(4-5-11(8)15-2)10(13)7-12(14)16-3/h4-6,10H,7,13H2,1-3H3/t10-/m0/s1. The largest absolute Gasteiger partial charge is 0.496 e. The number of methoxy groups -OCH3 is 2. The number of ether oxygens (including phenoxy) is 2. The van der Waals surface area contributed by atoms with Crippen LogP contribution in [0.2, 0.25) is 0 Å². The number of esters is 1. The minimum Gasteiger partial charge on any atom is -0.496 e. The molecule has 1 rings (SSSR count). The van der Waals surface area contributed by atoms with E-state index in [4.69, 9.17) is 10.5 Å². The zero-order valence-corrected chi connectivity index (χ0v) is 9.82. The molecule has 0 saturated heterocycles. The van der Waals surface area contributed by atoms with Crippen molar-refractivity contribution < 1.29 is 14.3 Å². The number of aryl methyl sites for hydroxylation is 1. The molecule has 0 fully saturated rings. The second-order valence-electron chi connectivity index (χ2n) is 3.62. The van der Waals surface area contributed by atoms with Crippen LogP contribution in [0.3, 0.4) is 0 Å². The highest BCUT2D eigenvalue weighted by molar-refractivity contribution is 5.70. The maximum Gasteiger partial charge on any atom is 0.307 e. The highest BCUT2D eigenvalue weighted by Crippen LogP contribution is 2.23. The first kappa shape index (κ1) is 12.5. The average molecular weight is 223 g/mol. The summed E-state index contributed by atoms with van der Waals surface area (Å²) in [5.41, 5.74) is 7.80. The zero-order valence-electron chi connectivity index (χ0n) is 9.82. The molecule has 1 aromatic carbocycles. The Bertz CT molecular complexity index is 377. The second kappa shape index (κ2) is 5.51. The smallest absolute Gasteiger partial charge is 0.307 e. The Morgan fingerprint density at radius 2 is 2.12 bits per heavy atom. The molecule has 0 heterocycles. The van der Waals surface area contributed by atoms with E-state index < -0.39 is 0 Å². The Morgan fingerprint density at radius 1 is 1.44 bits per heavy atom. The van der Waals surface area contributed by atoms with Crippen LogP contribution in [0.25, 0.3) is 0 Å². The van der Waals surface area contributed by atoms with Gasteiger partial charge in [0.2, 0.25) is 0 Å². The van der Waals surface area contributed by atoms with E-state index in [1.807, 2.05) is 25.1 Å². The van der Waals surface area contributed by atoms with Crippen molar-refractivity contribution in [3.8, 4) is 5.75 Å². The van der Waals surface area contributed by atoms with Crippen molar-refractivity contribution in [1.29, 1.82) is 0 Å². The molecule has 0 bridgehead atoms. The van der Waals surface area contributed by atoms with Gasteiger partial charge < -0.3 is 15.2 Å². The van der Waals surface area contributed by atoms with Crippen LogP contribution < -0.4 is 10.5 Å². The van der Waals surface area contributed by atoms with Gasteiger partial charge >= 0.3 is 5.97 Å². The van der Waals surface area contributed by atoms with Gasteiger partial charge in [-0.05, 0) is 24.1 Å². The third-order valence-corrected chi connectivity index (χ3v) is 2.46. The van der Waals surface area contributed by atoms with Gasteiger partial charge in [0.1, 0.15) is 5.75 Å². The van der Waals surface area contributed by atoms with Crippen molar-refractivity contribution in [2.75, 3.05) is 14.2 Å². The third-order valence-electron chi connectivity index (χ3n) is 2.46. The molecule has 4 nitrogen and oxygen atoms in total. The van der Waals surface area contributed by atoms with Crippen LogP contribution in [-0.2, 0) is 9.53 Å². The van der Waals surface area contributed by atoms with Crippen LogP contribution in [0.1, 0.15) is 23.6 Å². The molecular formula is C12H17NO3. The molecule has 0 saturated carbocycles. The van der Waals surface area contributed by atoms with Crippen LogP contribution >= 0.6 is 0 Å². The van der Waals surface area contributed by atoms with Crippen molar-refractivity contribution in [2.24, 2.45) is 5.73 Å². The fraction of sp³-hybridized carbons (Fsp3) is 0.417. The Balaban J connectivity index is 2.80. The van der Waals surface area contributed by atoms with Gasteiger partial charge in [0.15, 0.2) is 0 Å². The number of hydrogen-bond donors (Lipinski definition) is 1. The highest BCUT2D eigenvalue weighted by Gasteiger charge is 2.12. The second-order valence-corrected chi connectivity index (χ2v) is 3.62. The van der Waals surface area contributed by atoms with Crippen molar-refractivity contribution >= 4 is 5.97 Å². The van der Waals surface area contributed by atoms with E-state index in [1.54, 1.807) is 7.11 Å². The first-order valence-electron chi connectivity index (χ1n) is 5.05. The van der Waals surface area contributed by atoms with E-state index in [0.29, 0.717) is 0 Å². The first-order valence-corrected chi connectivity index (χ1v) is 5.05. The normalized spacial score (nSPS) is 12.0. The van der Waals surface area contributed by atoms with Crippen LogP contribution in [0.15, 0.2) is 18.2 Å². The summed E-state index contributed by atoms with van der Waals surface area (Å²) >= 11 is 0. The highest BCUT2D eigenvalue weighted by atomic mass is 16.5. The van der Waals surface area contributed by atoms with E-state index in [1.165, 1.54) is 7.11 Å². The first-order chi connectivity index (χ1) is 7.58. The molecule has 2 N–H and O–H groups in total. The van der Waals surface area contributed by atoms with Gasteiger partial charge in [0, 0.05) is 6.04 Å². The summed E-state index contributed by atoms with van der Waals surface area (Å²) in [7, 11) is 2.98. The SMILES string of the molecule is COC(=O)C[C@H](N)c1ccc(OC)c(C)c1. The van der Waals surface area contributed by atoms with Gasteiger partial charge in [-0.1, -0.05) is 12.1 Å². The van der Waals surface area contributed by atoms with Crippen LogP contribution in [0.4, 0.5) is 0 Å². The van der Waals surface area contributed by atoms with E-state index >= 15 is 0 Å². The molecule has 0 aliphatic heterocycles. The van der Waals surface area contributed by atoms with E-state index in [-0.39, 0.29) is 18.4 Å². The van der Waals surface area contributed by atoms with Crippen LogP contribution in [-0.4, -0.2) is 20.2 Å². The summed E-state index contributed by atoms with van der Waals surface area (Å²) in [5.74, 6) is 0.509. The zero-order chi connectivity index (χ0) is 12.1. The maximum atomic E-state index is 11.1. The number of carbonyl (C=O) groups is 1. The van der Waals surface area contributed by atoms with Gasteiger partial charge in [0.25, 0.3) is 0 Å². The lowest BCUT2D eigenvalue weighted by Crippen LogP contribution is -2.16. The molecule has 0 spiro atoms. The minimum atomic E-state index is -0.336. The lowest BCUT2D eigenvalue weighted by atomic mass is 10.0. The predicted octanol–water partition coefficient (Wildman–Crippen LogP) is 1.57. The average Bonchev–Trinajstić information content (AvgIpc) is 2.28. The van der Waals surface area contributed by atoms with Gasteiger partial charge in [-0.15, -0.1) is 0 Å². The van der Waals surface area contributed by atoms with Crippen molar-refractivity contribution in [3.05, 3.63) is 29.3 Å². The Hall–Kier alpha value is -1.55. The molecule has 88 valence electrons. The quantitative estimate of drug-likeness (QED) is 0.787. The minimum absolute atomic E-state index is 0.183. The summed E-state index contributed by atoms with van der Waals surface area (Å²) in [4.78, 5) is 11.1. The molecule has 0 unspecified atom stereocenters. The molecule has 16 heavy (non-hydrogen) atoms. The van der Waals surface area contributed by atoms with Gasteiger partial charge in [-0.3, -0.25) is 4.79 Å². The van der Waals surface area contributed by atoms with Crippen molar-refractivity contribution in [3.63, 3.8) is 0 Å². The summed E-state index contributed by atoms with van der Waals surface area (Å²) in [6.07, 6.45) is 0.183. The molecule has 0 aliphatic carbocycles. The number of nitrogens with two attached hydrogens (primary N) is 1. The van der Waals surface area contributed by atoms with E-state index in [9.17, 15) is 4.79 Å². The summed E-state index contributed by atoms with van der Waals surface area (Å²) < 4.78 is 9.72. The summed E-state index contributed by atoms with van der Waals surface area (Å²) in [5, 5.41) is 0. The molecule has 1 aromatic rings.